The number of carbonyl (C=O) groups excluding carboxylic acids is 1. The van der Waals surface area contributed by atoms with E-state index in [0.717, 1.165) is 37.4 Å². The van der Waals surface area contributed by atoms with E-state index in [1.165, 1.54) is 0 Å². The SMILES string of the molecule is CCOC(=O)c1c(CSc2ccccn2)n(C)c2cc(Br)c3c(c12)CN(C)CO3. The minimum atomic E-state index is -0.299. The summed E-state index contributed by atoms with van der Waals surface area (Å²) in [5.74, 6) is 1.11. The van der Waals surface area contributed by atoms with Crippen LogP contribution >= 0.6 is 27.7 Å². The maximum Gasteiger partial charge on any atom is 0.340 e. The number of hydrogen-bond donors (Lipinski definition) is 0. The van der Waals surface area contributed by atoms with Crippen LogP contribution in [0.5, 0.6) is 5.75 Å². The summed E-state index contributed by atoms with van der Waals surface area (Å²) >= 11 is 5.25. The van der Waals surface area contributed by atoms with Crippen LogP contribution in [0.15, 0.2) is 40.0 Å². The third-order valence-electron chi connectivity index (χ3n) is 4.95. The third kappa shape index (κ3) is 3.76. The Morgan fingerprint density at radius 3 is 2.93 bits per heavy atom. The second-order valence-corrected chi connectivity index (χ2v) is 8.76. The van der Waals surface area contributed by atoms with Crippen molar-refractivity contribution in [1.82, 2.24) is 14.5 Å². The Kier molecular flexibility index (Phi) is 5.85. The average Bonchev–Trinajstić information content (AvgIpc) is 2.99. The predicted octanol–water partition coefficient (Wildman–Crippen LogP) is 4.59. The van der Waals surface area contributed by atoms with Gasteiger partial charge in [0.15, 0.2) is 0 Å². The van der Waals surface area contributed by atoms with Crippen LogP contribution in [0.3, 0.4) is 0 Å². The van der Waals surface area contributed by atoms with Crippen molar-refractivity contribution in [2.75, 3.05) is 20.4 Å². The van der Waals surface area contributed by atoms with Gasteiger partial charge >= 0.3 is 5.97 Å². The van der Waals surface area contributed by atoms with Gasteiger partial charge in [-0.15, -0.1) is 11.8 Å². The van der Waals surface area contributed by atoms with Crippen LogP contribution < -0.4 is 4.74 Å². The van der Waals surface area contributed by atoms with Crippen molar-refractivity contribution in [3.8, 4) is 5.75 Å². The largest absolute Gasteiger partial charge is 0.477 e. The molecule has 6 nitrogen and oxygen atoms in total. The number of thioether (sulfide) groups is 1. The highest BCUT2D eigenvalue weighted by Crippen LogP contribution is 2.42. The summed E-state index contributed by atoms with van der Waals surface area (Å²) in [5, 5.41) is 1.83. The first-order chi connectivity index (χ1) is 14.0. The van der Waals surface area contributed by atoms with E-state index in [9.17, 15) is 4.79 Å². The third-order valence-corrected chi connectivity index (χ3v) is 6.49. The number of ether oxygens (including phenoxy) is 2. The van der Waals surface area contributed by atoms with Crippen molar-refractivity contribution in [2.45, 2.75) is 24.2 Å². The maximum absolute atomic E-state index is 13.0. The lowest BCUT2D eigenvalue weighted by atomic mass is 10.0. The van der Waals surface area contributed by atoms with Crippen molar-refractivity contribution in [3.63, 3.8) is 0 Å². The highest BCUT2D eigenvalue weighted by molar-refractivity contribution is 9.10. The van der Waals surface area contributed by atoms with Crippen LogP contribution in [-0.4, -0.2) is 40.8 Å². The Labute approximate surface area is 182 Å². The Balaban J connectivity index is 1.90. The van der Waals surface area contributed by atoms with Crippen LogP contribution in [0.4, 0.5) is 0 Å². The van der Waals surface area contributed by atoms with E-state index < -0.39 is 0 Å². The van der Waals surface area contributed by atoms with Gasteiger partial charge in [0, 0.05) is 42.2 Å². The van der Waals surface area contributed by atoms with Crippen LogP contribution in [0.25, 0.3) is 10.9 Å². The van der Waals surface area contributed by atoms with E-state index in [1.807, 2.05) is 45.3 Å². The normalized spacial score (nSPS) is 13.9. The molecule has 0 atom stereocenters. The summed E-state index contributed by atoms with van der Waals surface area (Å²) in [6.45, 7) is 3.38. The number of aryl methyl sites for hydroxylation is 1. The fraction of sp³-hybridized carbons (Fsp3) is 0.333. The molecule has 0 unspecified atom stereocenters. The predicted molar refractivity (Wildman–Crippen MR) is 117 cm³/mol. The zero-order valence-electron chi connectivity index (χ0n) is 16.6. The Morgan fingerprint density at radius 2 is 2.21 bits per heavy atom. The highest BCUT2D eigenvalue weighted by atomic mass is 79.9. The fourth-order valence-electron chi connectivity index (χ4n) is 3.64. The number of rotatable bonds is 5. The molecule has 152 valence electrons. The van der Waals surface area contributed by atoms with Crippen LogP contribution in [0, 0.1) is 0 Å². The molecule has 0 bridgehead atoms. The molecule has 3 aromatic rings. The van der Waals surface area contributed by atoms with E-state index >= 15 is 0 Å². The van der Waals surface area contributed by atoms with Gasteiger partial charge in [-0.25, -0.2) is 9.78 Å². The van der Waals surface area contributed by atoms with Gasteiger partial charge in [-0.3, -0.25) is 4.90 Å². The lowest BCUT2D eigenvalue weighted by Crippen LogP contribution is -2.28. The molecule has 8 heteroatoms. The smallest absolute Gasteiger partial charge is 0.340 e. The number of fused-ring (bicyclic) bond motifs is 3. The monoisotopic (exact) mass is 475 g/mol. The van der Waals surface area contributed by atoms with Gasteiger partial charge in [0.25, 0.3) is 0 Å². The van der Waals surface area contributed by atoms with Gasteiger partial charge in [-0.05, 0) is 48.1 Å². The van der Waals surface area contributed by atoms with Gasteiger partial charge in [-0.1, -0.05) is 6.07 Å². The standard InChI is InChI=1S/C21H22BrN3O3S/c1-4-27-21(26)19-16(11-29-17-7-5-6-8-23-17)25(3)15-9-14(22)20-13(18(15)19)10-24(2)12-28-20/h5-9H,4,10-12H2,1-3H3. The quantitative estimate of drug-likeness (QED) is 0.397. The molecular weight excluding hydrogens is 454 g/mol. The number of carbonyl (C=O) groups is 1. The summed E-state index contributed by atoms with van der Waals surface area (Å²) in [4.78, 5) is 19.5. The summed E-state index contributed by atoms with van der Waals surface area (Å²) in [6, 6.07) is 7.85. The van der Waals surface area contributed by atoms with Crippen molar-refractivity contribution < 1.29 is 14.3 Å². The first-order valence-corrected chi connectivity index (χ1v) is 11.1. The van der Waals surface area contributed by atoms with E-state index in [1.54, 1.807) is 18.0 Å². The summed E-state index contributed by atoms with van der Waals surface area (Å²) in [6.07, 6.45) is 1.77. The van der Waals surface area contributed by atoms with Gasteiger partial charge in [0.05, 0.1) is 27.2 Å². The Morgan fingerprint density at radius 1 is 1.38 bits per heavy atom. The van der Waals surface area contributed by atoms with Crippen molar-refractivity contribution in [1.29, 1.82) is 0 Å². The number of benzene rings is 1. The molecule has 1 aliphatic rings. The second kappa shape index (κ2) is 8.38. The molecule has 4 rings (SSSR count). The topological polar surface area (TPSA) is 56.6 Å². The zero-order chi connectivity index (χ0) is 20.5. The van der Waals surface area contributed by atoms with Crippen molar-refractivity contribution >= 4 is 44.6 Å². The fourth-order valence-corrected chi connectivity index (χ4v) is 5.14. The number of aromatic nitrogens is 2. The molecule has 1 aliphatic heterocycles. The lowest BCUT2D eigenvalue weighted by molar-refractivity contribution is 0.0527. The maximum atomic E-state index is 13.0. The molecule has 0 spiro atoms. The molecule has 3 heterocycles. The second-order valence-electron chi connectivity index (χ2n) is 6.91. The molecule has 0 saturated heterocycles. The molecular formula is C21H22BrN3O3S. The molecule has 0 radical (unpaired) electrons. The minimum Gasteiger partial charge on any atom is -0.477 e. The Bertz CT molecular complexity index is 1070. The highest BCUT2D eigenvalue weighted by Gasteiger charge is 2.29. The molecule has 1 aromatic carbocycles. The van der Waals surface area contributed by atoms with E-state index in [2.05, 4.69) is 30.4 Å². The molecule has 0 fully saturated rings. The van der Waals surface area contributed by atoms with Crippen molar-refractivity contribution in [2.24, 2.45) is 7.05 Å². The first kappa shape index (κ1) is 20.3. The van der Waals surface area contributed by atoms with Crippen LogP contribution in [-0.2, 0) is 24.1 Å². The van der Waals surface area contributed by atoms with Crippen LogP contribution in [0.2, 0.25) is 0 Å². The van der Waals surface area contributed by atoms with Gasteiger partial charge in [-0.2, -0.15) is 0 Å². The molecule has 0 amide bonds. The molecule has 29 heavy (non-hydrogen) atoms. The van der Waals surface area contributed by atoms with Gasteiger partial charge in [0.1, 0.15) is 12.5 Å². The summed E-state index contributed by atoms with van der Waals surface area (Å²) in [7, 11) is 3.99. The lowest BCUT2D eigenvalue weighted by Gasteiger charge is -2.27. The zero-order valence-corrected chi connectivity index (χ0v) is 19.0. The summed E-state index contributed by atoms with van der Waals surface area (Å²) in [5.41, 5.74) is 3.53. The molecule has 0 N–H and O–H groups in total. The van der Waals surface area contributed by atoms with Gasteiger partial charge < -0.3 is 14.0 Å². The van der Waals surface area contributed by atoms with E-state index in [-0.39, 0.29) is 5.97 Å². The summed E-state index contributed by atoms with van der Waals surface area (Å²) < 4.78 is 14.4. The van der Waals surface area contributed by atoms with Gasteiger partial charge in [0.2, 0.25) is 0 Å². The minimum absolute atomic E-state index is 0.299. The number of nitrogens with zero attached hydrogens (tertiary/aromatic N) is 3. The Hall–Kier alpha value is -2.03. The number of esters is 1. The first-order valence-electron chi connectivity index (χ1n) is 9.36. The number of halogens is 1. The molecule has 0 saturated carbocycles. The number of pyridine rings is 1. The number of hydrogen-bond acceptors (Lipinski definition) is 6. The van der Waals surface area contributed by atoms with E-state index in [0.29, 0.717) is 31.2 Å². The average molecular weight is 476 g/mol. The molecule has 2 aromatic heterocycles. The van der Waals surface area contributed by atoms with Crippen LogP contribution in [0.1, 0.15) is 28.5 Å². The molecule has 0 aliphatic carbocycles. The van der Waals surface area contributed by atoms with E-state index in [4.69, 9.17) is 9.47 Å². The van der Waals surface area contributed by atoms with Crippen molar-refractivity contribution in [3.05, 3.63) is 51.8 Å².